The molecular weight excluding hydrogens is 128 g/mol. The Morgan fingerprint density at radius 3 is 1.56 bits per heavy atom. The van der Waals surface area contributed by atoms with E-state index in [2.05, 4.69) is 27.7 Å². The van der Waals surface area contributed by atoms with E-state index in [-0.39, 0.29) is 4.75 Å². The van der Waals surface area contributed by atoms with Gasteiger partial charge in [0.25, 0.3) is 0 Å². The molecule has 0 heterocycles. The molecule has 9 heavy (non-hydrogen) atoms. The van der Waals surface area contributed by atoms with Gasteiger partial charge in [-0.1, -0.05) is 39.3 Å². The van der Waals surface area contributed by atoms with Crippen LogP contribution in [0.5, 0.6) is 0 Å². The molecule has 0 aromatic rings. The number of hydrogen-bond donors (Lipinski definition) is 0. The summed E-state index contributed by atoms with van der Waals surface area (Å²) in [6.45, 7) is 8.70. The van der Waals surface area contributed by atoms with Crippen LogP contribution < -0.4 is 0 Å². The maximum Gasteiger partial charge on any atom is 0.0235 e. The first kappa shape index (κ1) is 9.35. The van der Waals surface area contributed by atoms with Crippen molar-refractivity contribution in [3.05, 3.63) is 0 Å². The summed E-state index contributed by atoms with van der Waals surface area (Å²) in [5.41, 5.74) is 0. The van der Waals surface area contributed by atoms with Crippen LogP contribution in [0, 0.1) is 5.92 Å². The lowest BCUT2D eigenvalue weighted by Crippen LogP contribution is -2.23. The summed E-state index contributed by atoms with van der Waals surface area (Å²) in [4.78, 5) is 0. The Morgan fingerprint density at radius 2 is 1.56 bits per heavy atom. The van der Waals surface area contributed by atoms with Gasteiger partial charge >= 0.3 is 0 Å². The van der Waals surface area contributed by atoms with Gasteiger partial charge in [-0.3, -0.25) is 0 Å². The van der Waals surface area contributed by atoms with Gasteiger partial charge in [-0.05, 0) is 19.8 Å². The fourth-order valence-electron chi connectivity index (χ4n) is 1.27. The molecule has 0 N–H and O–H groups in total. The molecular formula is C8H17S. The molecule has 0 unspecified atom stereocenters. The Balaban J connectivity index is 3.79. The summed E-state index contributed by atoms with van der Waals surface area (Å²) in [5.74, 6) is 0.715. The second-order valence-electron chi connectivity index (χ2n) is 3.12. The predicted molar refractivity (Wildman–Crippen MR) is 45.7 cm³/mol. The molecule has 0 atom stereocenters. The third-order valence-electron chi connectivity index (χ3n) is 1.97. The Hall–Kier alpha value is 0.350. The van der Waals surface area contributed by atoms with Gasteiger partial charge in [-0.25, -0.2) is 0 Å². The van der Waals surface area contributed by atoms with Crippen molar-refractivity contribution < 1.29 is 0 Å². The third kappa shape index (κ3) is 3.14. The van der Waals surface area contributed by atoms with E-state index in [0.29, 0.717) is 5.92 Å². The van der Waals surface area contributed by atoms with E-state index in [0.717, 1.165) is 0 Å². The van der Waals surface area contributed by atoms with Crippen LogP contribution in [0.15, 0.2) is 0 Å². The zero-order valence-electron chi connectivity index (χ0n) is 6.90. The van der Waals surface area contributed by atoms with Gasteiger partial charge in [0.15, 0.2) is 0 Å². The third-order valence-corrected chi connectivity index (χ3v) is 2.30. The average Bonchev–Trinajstić information content (AvgIpc) is 1.65. The first-order valence-electron chi connectivity index (χ1n) is 3.72. The molecule has 1 radical (unpaired) electrons. The van der Waals surface area contributed by atoms with Crippen LogP contribution in [0.3, 0.4) is 0 Å². The highest BCUT2D eigenvalue weighted by atomic mass is 32.1. The molecule has 0 nitrogen and oxygen atoms in total. The second-order valence-corrected chi connectivity index (χ2v) is 4.17. The minimum Gasteiger partial charge on any atom is -0.0870 e. The molecule has 0 saturated heterocycles. The summed E-state index contributed by atoms with van der Waals surface area (Å²) in [5, 5.41) is 0. The maximum atomic E-state index is 5.30. The van der Waals surface area contributed by atoms with Crippen LogP contribution in [0.25, 0.3) is 0 Å². The lowest BCUT2D eigenvalue weighted by molar-refractivity contribution is 0.401. The molecule has 0 aliphatic heterocycles. The summed E-state index contributed by atoms with van der Waals surface area (Å²) >= 11 is 5.30. The van der Waals surface area contributed by atoms with Crippen LogP contribution in [0.4, 0.5) is 0 Å². The zero-order valence-corrected chi connectivity index (χ0v) is 7.72. The Labute approximate surface area is 64.4 Å². The van der Waals surface area contributed by atoms with E-state index < -0.39 is 0 Å². The molecule has 0 fully saturated rings. The van der Waals surface area contributed by atoms with Crippen LogP contribution in [-0.4, -0.2) is 4.75 Å². The van der Waals surface area contributed by atoms with Gasteiger partial charge < -0.3 is 0 Å². The SMILES string of the molecule is CCC(CC)C(C)(C)[S]. The lowest BCUT2D eigenvalue weighted by Gasteiger charge is -2.26. The highest BCUT2D eigenvalue weighted by Crippen LogP contribution is 2.28. The van der Waals surface area contributed by atoms with Crippen molar-refractivity contribution in [2.24, 2.45) is 5.92 Å². The normalized spacial score (nSPS) is 12.7. The van der Waals surface area contributed by atoms with Gasteiger partial charge in [-0.2, -0.15) is 0 Å². The van der Waals surface area contributed by atoms with Gasteiger partial charge in [-0.15, -0.1) is 0 Å². The molecule has 1 heteroatoms. The van der Waals surface area contributed by atoms with Crippen molar-refractivity contribution >= 4 is 12.6 Å². The van der Waals surface area contributed by atoms with Crippen LogP contribution in [0.1, 0.15) is 40.5 Å². The molecule has 55 valence electrons. The van der Waals surface area contributed by atoms with Crippen molar-refractivity contribution in [2.45, 2.75) is 45.3 Å². The average molecular weight is 145 g/mol. The monoisotopic (exact) mass is 145 g/mol. The quantitative estimate of drug-likeness (QED) is 0.571. The molecule has 0 saturated carbocycles. The number of hydrogen-bond acceptors (Lipinski definition) is 0. The van der Waals surface area contributed by atoms with E-state index in [9.17, 15) is 0 Å². The van der Waals surface area contributed by atoms with Crippen molar-refractivity contribution in [2.75, 3.05) is 0 Å². The fraction of sp³-hybridized carbons (Fsp3) is 1.00. The van der Waals surface area contributed by atoms with E-state index in [4.69, 9.17) is 12.6 Å². The Kier molecular flexibility index (Phi) is 3.64. The summed E-state index contributed by atoms with van der Waals surface area (Å²) < 4.78 is 0.101. The van der Waals surface area contributed by atoms with E-state index in [1.54, 1.807) is 0 Å². The van der Waals surface area contributed by atoms with Crippen LogP contribution in [-0.2, 0) is 0 Å². The van der Waals surface area contributed by atoms with Crippen LogP contribution in [0.2, 0.25) is 0 Å². The van der Waals surface area contributed by atoms with Gasteiger partial charge in [0.2, 0.25) is 0 Å². The standard InChI is InChI=1S/C8H17S/c1-5-7(6-2)8(3,4)9/h7H,5-6H2,1-4H3. The smallest absolute Gasteiger partial charge is 0.0235 e. The maximum absolute atomic E-state index is 5.30. The summed E-state index contributed by atoms with van der Waals surface area (Å²) in [7, 11) is 0. The zero-order chi connectivity index (χ0) is 7.49. The topological polar surface area (TPSA) is 0 Å². The molecule has 0 aromatic carbocycles. The molecule has 0 aromatic heterocycles. The summed E-state index contributed by atoms with van der Waals surface area (Å²) in [6.07, 6.45) is 2.43. The largest absolute Gasteiger partial charge is 0.0870 e. The first-order valence-corrected chi connectivity index (χ1v) is 4.13. The minimum absolute atomic E-state index is 0.101. The van der Waals surface area contributed by atoms with Gasteiger partial charge in [0, 0.05) is 4.75 Å². The highest BCUT2D eigenvalue weighted by Gasteiger charge is 2.22. The first-order chi connectivity index (χ1) is 4.02. The Bertz CT molecular complexity index is 67.1. The van der Waals surface area contributed by atoms with Crippen molar-refractivity contribution in [1.82, 2.24) is 0 Å². The van der Waals surface area contributed by atoms with E-state index in [1.165, 1.54) is 12.8 Å². The molecule has 0 rings (SSSR count). The summed E-state index contributed by atoms with van der Waals surface area (Å²) in [6, 6.07) is 0. The minimum atomic E-state index is 0.101. The van der Waals surface area contributed by atoms with Crippen molar-refractivity contribution in [1.29, 1.82) is 0 Å². The molecule has 0 amide bonds. The Morgan fingerprint density at radius 1 is 1.22 bits per heavy atom. The van der Waals surface area contributed by atoms with Crippen molar-refractivity contribution in [3.8, 4) is 0 Å². The molecule has 0 spiro atoms. The molecule has 0 aliphatic carbocycles. The molecule has 0 bridgehead atoms. The fourth-order valence-corrected chi connectivity index (χ4v) is 1.61. The lowest BCUT2D eigenvalue weighted by atomic mass is 9.90. The number of rotatable bonds is 3. The van der Waals surface area contributed by atoms with Crippen LogP contribution >= 0.6 is 12.6 Å². The predicted octanol–water partition coefficient (Wildman–Crippen LogP) is 3.40. The van der Waals surface area contributed by atoms with E-state index in [1.807, 2.05) is 0 Å². The van der Waals surface area contributed by atoms with Gasteiger partial charge in [0.1, 0.15) is 0 Å². The molecule has 0 aliphatic rings. The highest BCUT2D eigenvalue weighted by molar-refractivity contribution is 7.81. The second kappa shape index (κ2) is 3.50. The van der Waals surface area contributed by atoms with E-state index >= 15 is 0 Å². The van der Waals surface area contributed by atoms with Crippen molar-refractivity contribution in [3.63, 3.8) is 0 Å². The van der Waals surface area contributed by atoms with Gasteiger partial charge in [0.05, 0.1) is 0 Å².